The number of rotatable bonds is 3. The van der Waals surface area contributed by atoms with Gasteiger partial charge in [-0.2, -0.15) is 0 Å². The van der Waals surface area contributed by atoms with Gasteiger partial charge >= 0.3 is 0 Å². The Labute approximate surface area is 108 Å². The number of nitrogens with zero attached hydrogens (tertiary/aromatic N) is 2. The SMILES string of the molecule is CCn1ccnc1C(N)c1ccc2c(c1)CCC2. The zero-order valence-electron chi connectivity index (χ0n) is 10.8. The van der Waals surface area contributed by atoms with Crippen LogP contribution in [-0.4, -0.2) is 9.55 Å². The molecule has 0 saturated heterocycles. The topological polar surface area (TPSA) is 43.8 Å². The number of benzene rings is 1. The zero-order valence-corrected chi connectivity index (χ0v) is 10.8. The number of aromatic nitrogens is 2. The van der Waals surface area contributed by atoms with Gasteiger partial charge in [-0.1, -0.05) is 18.2 Å². The second kappa shape index (κ2) is 4.58. The van der Waals surface area contributed by atoms with Crippen molar-refractivity contribution in [3.05, 3.63) is 53.1 Å². The molecule has 1 heterocycles. The van der Waals surface area contributed by atoms with Gasteiger partial charge in [-0.15, -0.1) is 0 Å². The molecular weight excluding hydrogens is 222 g/mol. The van der Waals surface area contributed by atoms with Crippen molar-refractivity contribution < 1.29 is 0 Å². The van der Waals surface area contributed by atoms with E-state index in [2.05, 4.69) is 34.7 Å². The van der Waals surface area contributed by atoms with Gasteiger partial charge in [-0.05, 0) is 42.9 Å². The number of aryl methyl sites for hydroxylation is 3. The largest absolute Gasteiger partial charge is 0.334 e. The Kier molecular flexibility index (Phi) is 2.92. The minimum Gasteiger partial charge on any atom is -0.334 e. The molecule has 3 heteroatoms. The molecule has 0 amide bonds. The second-order valence-electron chi connectivity index (χ2n) is 4.93. The highest BCUT2D eigenvalue weighted by molar-refractivity contribution is 5.38. The summed E-state index contributed by atoms with van der Waals surface area (Å²) in [4.78, 5) is 4.39. The summed E-state index contributed by atoms with van der Waals surface area (Å²) in [5.41, 5.74) is 10.5. The van der Waals surface area contributed by atoms with Crippen molar-refractivity contribution in [2.24, 2.45) is 5.73 Å². The van der Waals surface area contributed by atoms with Crippen molar-refractivity contribution in [3.63, 3.8) is 0 Å². The zero-order chi connectivity index (χ0) is 12.5. The van der Waals surface area contributed by atoms with Crippen LogP contribution in [0.25, 0.3) is 0 Å². The van der Waals surface area contributed by atoms with Gasteiger partial charge in [0.15, 0.2) is 0 Å². The Morgan fingerprint density at radius 2 is 2.17 bits per heavy atom. The van der Waals surface area contributed by atoms with Crippen molar-refractivity contribution in [1.82, 2.24) is 9.55 Å². The van der Waals surface area contributed by atoms with E-state index in [4.69, 9.17) is 5.73 Å². The van der Waals surface area contributed by atoms with E-state index in [9.17, 15) is 0 Å². The number of hydrogen-bond donors (Lipinski definition) is 1. The molecule has 2 N–H and O–H groups in total. The lowest BCUT2D eigenvalue weighted by atomic mass is 10.0. The van der Waals surface area contributed by atoms with Gasteiger partial charge in [0.25, 0.3) is 0 Å². The average molecular weight is 241 g/mol. The van der Waals surface area contributed by atoms with Crippen LogP contribution in [-0.2, 0) is 19.4 Å². The molecule has 1 aliphatic rings. The minimum absolute atomic E-state index is 0.120. The van der Waals surface area contributed by atoms with Gasteiger partial charge in [0.05, 0.1) is 6.04 Å². The number of fused-ring (bicyclic) bond motifs is 1. The summed E-state index contributed by atoms with van der Waals surface area (Å²) in [5.74, 6) is 0.954. The molecule has 0 spiro atoms. The first kappa shape index (κ1) is 11.5. The Morgan fingerprint density at radius 3 is 3.00 bits per heavy atom. The lowest BCUT2D eigenvalue weighted by molar-refractivity contribution is 0.656. The normalized spacial score (nSPS) is 15.7. The highest BCUT2D eigenvalue weighted by Crippen LogP contribution is 2.26. The Bertz CT molecular complexity index is 557. The third-order valence-electron chi connectivity index (χ3n) is 3.85. The standard InChI is InChI=1S/C15H19N3/c1-2-18-9-8-17-15(18)14(16)13-7-6-11-4-3-5-12(11)10-13/h6-10,14H,2-5,16H2,1H3. The predicted octanol–water partition coefficient (Wildman–Crippen LogP) is 2.44. The summed E-state index contributed by atoms with van der Waals surface area (Å²) in [7, 11) is 0. The molecule has 1 unspecified atom stereocenters. The van der Waals surface area contributed by atoms with Gasteiger partial charge in [0.2, 0.25) is 0 Å². The average Bonchev–Trinajstić information content (AvgIpc) is 3.05. The van der Waals surface area contributed by atoms with Gasteiger partial charge < -0.3 is 10.3 Å². The molecule has 0 aliphatic heterocycles. The van der Waals surface area contributed by atoms with Crippen molar-refractivity contribution in [3.8, 4) is 0 Å². The highest BCUT2D eigenvalue weighted by atomic mass is 15.1. The van der Waals surface area contributed by atoms with Crippen molar-refractivity contribution >= 4 is 0 Å². The second-order valence-corrected chi connectivity index (χ2v) is 4.93. The van der Waals surface area contributed by atoms with Crippen LogP contribution < -0.4 is 5.73 Å². The van der Waals surface area contributed by atoms with Gasteiger partial charge in [0, 0.05) is 18.9 Å². The molecule has 18 heavy (non-hydrogen) atoms. The first-order chi connectivity index (χ1) is 8.79. The molecular formula is C15H19N3. The van der Waals surface area contributed by atoms with E-state index >= 15 is 0 Å². The third kappa shape index (κ3) is 1.85. The third-order valence-corrected chi connectivity index (χ3v) is 3.85. The van der Waals surface area contributed by atoms with E-state index in [0.717, 1.165) is 12.4 Å². The summed E-state index contributed by atoms with van der Waals surface area (Å²) >= 11 is 0. The Morgan fingerprint density at radius 1 is 1.33 bits per heavy atom. The molecule has 2 aromatic rings. The quantitative estimate of drug-likeness (QED) is 0.897. The van der Waals surface area contributed by atoms with E-state index in [1.165, 1.54) is 36.0 Å². The molecule has 0 saturated carbocycles. The molecule has 1 aromatic carbocycles. The van der Waals surface area contributed by atoms with E-state index in [-0.39, 0.29) is 6.04 Å². The van der Waals surface area contributed by atoms with Gasteiger partial charge in [-0.3, -0.25) is 0 Å². The van der Waals surface area contributed by atoms with E-state index in [1.807, 2.05) is 12.4 Å². The molecule has 0 radical (unpaired) electrons. The monoisotopic (exact) mass is 241 g/mol. The van der Waals surface area contributed by atoms with Gasteiger partial charge in [0.1, 0.15) is 5.82 Å². The summed E-state index contributed by atoms with van der Waals surface area (Å²) < 4.78 is 2.11. The van der Waals surface area contributed by atoms with Crippen LogP contribution in [0.4, 0.5) is 0 Å². The number of hydrogen-bond acceptors (Lipinski definition) is 2. The van der Waals surface area contributed by atoms with Crippen LogP contribution in [0, 0.1) is 0 Å². The van der Waals surface area contributed by atoms with Crippen LogP contribution in [0.2, 0.25) is 0 Å². The van der Waals surface area contributed by atoms with Crippen molar-refractivity contribution in [1.29, 1.82) is 0 Å². The minimum atomic E-state index is -0.120. The first-order valence-corrected chi connectivity index (χ1v) is 6.68. The molecule has 3 rings (SSSR count). The van der Waals surface area contributed by atoms with Crippen LogP contribution in [0.15, 0.2) is 30.6 Å². The maximum atomic E-state index is 6.35. The maximum absolute atomic E-state index is 6.35. The molecule has 1 aliphatic carbocycles. The summed E-state index contributed by atoms with van der Waals surface area (Å²) in [6.07, 6.45) is 7.50. The van der Waals surface area contributed by atoms with Crippen molar-refractivity contribution in [2.75, 3.05) is 0 Å². The van der Waals surface area contributed by atoms with Crippen molar-refractivity contribution in [2.45, 2.75) is 38.8 Å². The smallest absolute Gasteiger partial charge is 0.130 e. The fourth-order valence-electron chi connectivity index (χ4n) is 2.80. The molecule has 3 nitrogen and oxygen atoms in total. The predicted molar refractivity (Wildman–Crippen MR) is 72.4 cm³/mol. The van der Waals surface area contributed by atoms with Crippen LogP contribution in [0.1, 0.15) is 41.9 Å². The fraction of sp³-hybridized carbons (Fsp3) is 0.400. The van der Waals surface area contributed by atoms with Crippen LogP contribution in [0.3, 0.4) is 0 Å². The Balaban J connectivity index is 1.95. The van der Waals surface area contributed by atoms with Gasteiger partial charge in [-0.25, -0.2) is 4.98 Å². The molecule has 0 bridgehead atoms. The molecule has 1 atom stereocenters. The number of nitrogens with two attached hydrogens (primary N) is 1. The molecule has 0 fully saturated rings. The summed E-state index contributed by atoms with van der Waals surface area (Å²) in [6.45, 7) is 3.02. The number of imidazole rings is 1. The first-order valence-electron chi connectivity index (χ1n) is 6.68. The fourth-order valence-corrected chi connectivity index (χ4v) is 2.80. The summed E-state index contributed by atoms with van der Waals surface area (Å²) in [5, 5.41) is 0. The lowest BCUT2D eigenvalue weighted by Gasteiger charge is -2.14. The highest BCUT2D eigenvalue weighted by Gasteiger charge is 2.17. The molecule has 94 valence electrons. The van der Waals surface area contributed by atoms with Crippen LogP contribution in [0.5, 0.6) is 0 Å². The van der Waals surface area contributed by atoms with E-state index < -0.39 is 0 Å². The summed E-state index contributed by atoms with van der Waals surface area (Å²) in [6, 6.07) is 6.54. The lowest BCUT2D eigenvalue weighted by Crippen LogP contribution is -2.17. The molecule has 1 aromatic heterocycles. The van der Waals surface area contributed by atoms with E-state index in [1.54, 1.807) is 0 Å². The van der Waals surface area contributed by atoms with E-state index in [0.29, 0.717) is 0 Å². The maximum Gasteiger partial charge on any atom is 0.130 e. The Hall–Kier alpha value is -1.61. The van der Waals surface area contributed by atoms with Crippen LogP contribution >= 0.6 is 0 Å².